The molecule has 3 aromatic carbocycles. The number of hydrogen-bond acceptors (Lipinski definition) is 1. The molecule has 0 aliphatic carbocycles. The lowest BCUT2D eigenvalue weighted by molar-refractivity contribution is 0.0560. The van der Waals surface area contributed by atoms with Gasteiger partial charge in [-0.05, 0) is 31.4 Å². The fourth-order valence-corrected chi connectivity index (χ4v) is 4.55. The van der Waals surface area contributed by atoms with E-state index in [0.29, 0.717) is 0 Å². The SMILES string of the molecule is CCCCC1=C(c2ccccc2C=C(C)C)CC(c2ccccc2)(c2ccccc2)O1. The summed E-state index contributed by atoms with van der Waals surface area (Å²) in [6.45, 7) is 6.56. The lowest BCUT2D eigenvalue weighted by Gasteiger charge is -2.31. The van der Waals surface area contributed by atoms with Gasteiger partial charge in [0, 0.05) is 29.5 Å². The Labute approximate surface area is 187 Å². The molecule has 1 nitrogen and oxygen atoms in total. The Hall–Kier alpha value is -3.06. The van der Waals surface area contributed by atoms with E-state index in [9.17, 15) is 0 Å². The highest BCUT2D eigenvalue weighted by Gasteiger charge is 2.44. The van der Waals surface area contributed by atoms with E-state index in [4.69, 9.17) is 4.74 Å². The molecule has 0 amide bonds. The van der Waals surface area contributed by atoms with Crippen LogP contribution in [0, 0.1) is 0 Å². The van der Waals surface area contributed by atoms with Crippen molar-refractivity contribution >= 4 is 11.6 Å². The van der Waals surface area contributed by atoms with Gasteiger partial charge in [-0.25, -0.2) is 0 Å². The lowest BCUT2D eigenvalue weighted by Crippen LogP contribution is -2.27. The maximum atomic E-state index is 7.01. The average molecular weight is 409 g/mol. The van der Waals surface area contributed by atoms with Crippen LogP contribution in [0.5, 0.6) is 0 Å². The molecule has 0 spiro atoms. The summed E-state index contributed by atoms with van der Waals surface area (Å²) < 4.78 is 7.01. The second-order valence-electron chi connectivity index (χ2n) is 8.65. The molecule has 0 N–H and O–H groups in total. The highest BCUT2D eigenvalue weighted by atomic mass is 16.5. The predicted octanol–water partition coefficient (Wildman–Crippen LogP) is 8.38. The van der Waals surface area contributed by atoms with E-state index in [0.717, 1.165) is 31.4 Å². The normalized spacial score (nSPS) is 14.9. The molecule has 0 bridgehead atoms. The summed E-state index contributed by atoms with van der Waals surface area (Å²) in [5.74, 6) is 1.14. The van der Waals surface area contributed by atoms with Crippen molar-refractivity contribution in [2.75, 3.05) is 0 Å². The van der Waals surface area contributed by atoms with Gasteiger partial charge in [-0.3, -0.25) is 0 Å². The van der Waals surface area contributed by atoms with E-state index in [2.05, 4.69) is 112 Å². The minimum absolute atomic E-state index is 0.487. The molecule has 0 saturated carbocycles. The van der Waals surface area contributed by atoms with Crippen LogP contribution in [0.15, 0.2) is 96.3 Å². The van der Waals surface area contributed by atoms with Gasteiger partial charge in [0.05, 0.1) is 0 Å². The molecular formula is C30H32O. The van der Waals surface area contributed by atoms with Crippen molar-refractivity contribution in [1.29, 1.82) is 0 Å². The third kappa shape index (κ3) is 4.37. The molecule has 3 aromatic rings. The van der Waals surface area contributed by atoms with Gasteiger partial charge in [0.2, 0.25) is 0 Å². The van der Waals surface area contributed by atoms with Crippen LogP contribution in [-0.4, -0.2) is 0 Å². The van der Waals surface area contributed by atoms with Gasteiger partial charge in [0.15, 0.2) is 5.60 Å². The van der Waals surface area contributed by atoms with Crippen molar-refractivity contribution in [3.63, 3.8) is 0 Å². The predicted molar refractivity (Wildman–Crippen MR) is 132 cm³/mol. The fraction of sp³-hybridized carbons (Fsp3) is 0.267. The molecule has 1 heteroatoms. The largest absolute Gasteiger partial charge is 0.481 e. The Morgan fingerprint density at radius 3 is 2.00 bits per heavy atom. The van der Waals surface area contributed by atoms with Crippen molar-refractivity contribution < 1.29 is 4.74 Å². The van der Waals surface area contributed by atoms with Crippen molar-refractivity contribution in [3.05, 3.63) is 119 Å². The smallest absolute Gasteiger partial charge is 0.163 e. The summed E-state index contributed by atoms with van der Waals surface area (Å²) in [6.07, 6.45) is 6.37. The van der Waals surface area contributed by atoms with Crippen LogP contribution in [-0.2, 0) is 10.3 Å². The second-order valence-corrected chi connectivity index (χ2v) is 8.65. The maximum absolute atomic E-state index is 7.01. The molecule has 0 saturated heterocycles. The van der Waals surface area contributed by atoms with Gasteiger partial charge < -0.3 is 4.74 Å². The van der Waals surface area contributed by atoms with E-state index in [-0.39, 0.29) is 0 Å². The van der Waals surface area contributed by atoms with Gasteiger partial charge in [0.1, 0.15) is 5.76 Å². The molecule has 0 atom stereocenters. The van der Waals surface area contributed by atoms with Crippen LogP contribution in [0.4, 0.5) is 0 Å². The Kier molecular flexibility index (Phi) is 6.42. The van der Waals surface area contributed by atoms with Crippen LogP contribution in [0.2, 0.25) is 0 Å². The van der Waals surface area contributed by atoms with E-state index in [1.165, 1.54) is 33.4 Å². The first-order valence-corrected chi connectivity index (χ1v) is 11.4. The third-order valence-electron chi connectivity index (χ3n) is 6.03. The van der Waals surface area contributed by atoms with E-state index < -0.39 is 5.60 Å². The minimum atomic E-state index is -0.487. The van der Waals surface area contributed by atoms with E-state index in [1.807, 2.05) is 0 Å². The zero-order chi connectivity index (χ0) is 21.7. The van der Waals surface area contributed by atoms with Crippen LogP contribution in [0.3, 0.4) is 0 Å². The van der Waals surface area contributed by atoms with E-state index >= 15 is 0 Å². The third-order valence-corrected chi connectivity index (χ3v) is 6.03. The first-order valence-electron chi connectivity index (χ1n) is 11.4. The van der Waals surface area contributed by atoms with Crippen LogP contribution < -0.4 is 0 Å². The zero-order valence-corrected chi connectivity index (χ0v) is 18.9. The van der Waals surface area contributed by atoms with Gasteiger partial charge in [-0.1, -0.05) is 110 Å². The molecule has 0 radical (unpaired) electrons. The summed E-state index contributed by atoms with van der Waals surface area (Å²) >= 11 is 0. The quantitative estimate of drug-likeness (QED) is 0.381. The Morgan fingerprint density at radius 2 is 1.42 bits per heavy atom. The second kappa shape index (κ2) is 9.39. The maximum Gasteiger partial charge on any atom is 0.163 e. The molecule has 0 unspecified atom stereocenters. The van der Waals surface area contributed by atoms with Crippen molar-refractivity contribution in [3.8, 4) is 0 Å². The molecular weight excluding hydrogens is 376 g/mol. The van der Waals surface area contributed by atoms with Crippen LogP contribution in [0.1, 0.15) is 68.7 Å². The molecule has 4 rings (SSSR count). The topological polar surface area (TPSA) is 9.23 Å². The van der Waals surface area contributed by atoms with Gasteiger partial charge in [0.25, 0.3) is 0 Å². The summed E-state index contributed by atoms with van der Waals surface area (Å²) in [4.78, 5) is 0. The molecule has 31 heavy (non-hydrogen) atoms. The van der Waals surface area contributed by atoms with Crippen molar-refractivity contribution in [1.82, 2.24) is 0 Å². The standard InChI is InChI=1S/C30H32O/c1-4-5-20-29-28(27-19-13-12-14-24(27)21-23(2)3)22-30(31-29,25-15-8-6-9-16-25)26-17-10-7-11-18-26/h6-19,21H,4-5,20,22H2,1-3H3. The number of hydrogen-bond donors (Lipinski definition) is 0. The van der Waals surface area contributed by atoms with Crippen molar-refractivity contribution in [2.24, 2.45) is 0 Å². The zero-order valence-electron chi connectivity index (χ0n) is 18.9. The molecule has 0 aromatic heterocycles. The molecule has 1 heterocycles. The molecule has 1 aliphatic heterocycles. The number of allylic oxidation sites excluding steroid dienone is 2. The summed E-state index contributed by atoms with van der Waals surface area (Å²) in [5, 5.41) is 0. The average Bonchev–Trinajstić information content (AvgIpc) is 3.19. The highest BCUT2D eigenvalue weighted by molar-refractivity contribution is 5.78. The van der Waals surface area contributed by atoms with Crippen molar-refractivity contribution in [2.45, 2.75) is 52.1 Å². The Balaban J connectivity index is 1.88. The van der Waals surface area contributed by atoms with Crippen LogP contribution >= 0.6 is 0 Å². The summed E-state index contributed by atoms with van der Waals surface area (Å²) in [7, 11) is 0. The first-order chi connectivity index (χ1) is 15.1. The highest BCUT2D eigenvalue weighted by Crippen LogP contribution is 2.51. The van der Waals surface area contributed by atoms with Gasteiger partial charge >= 0.3 is 0 Å². The summed E-state index contributed by atoms with van der Waals surface area (Å²) in [6, 6.07) is 30.2. The first kappa shape index (κ1) is 21.2. The molecule has 1 aliphatic rings. The molecule has 158 valence electrons. The number of rotatable bonds is 7. The Morgan fingerprint density at radius 1 is 0.839 bits per heavy atom. The number of unbranched alkanes of at least 4 members (excludes halogenated alkanes) is 1. The van der Waals surface area contributed by atoms with Gasteiger partial charge in [-0.15, -0.1) is 0 Å². The summed E-state index contributed by atoms with van der Waals surface area (Å²) in [5.41, 5.74) is 7.15. The van der Waals surface area contributed by atoms with Crippen LogP contribution in [0.25, 0.3) is 11.6 Å². The molecule has 0 fully saturated rings. The lowest BCUT2D eigenvalue weighted by atomic mass is 9.80. The van der Waals surface area contributed by atoms with Gasteiger partial charge in [-0.2, -0.15) is 0 Å². The number of benzene rings is 3. The fourth-order valence-electron chi connectivity index (χ4n) is 4.55. The minimum Gasteiger partial charge on any atom is -0.481 e. The number of ether oxygens (including phenoxy) is 1. The monoisotopic (exact) mass is 408 g/mol. The Bertz CT molecular complexity index is 1030. The van der Waals surface area contributed by atoms with E-state index in [1.54, 1.807) is 0 Å².